The fourth-order valence-corrected chi connectivity index (χ4v) is 6.56. The van der Waals surface area contributed by atoms with Crippen LogP contribution in [0.2, 0.25) is 0 Å². The number of amides is 2. The second kappa shape index (κ2) is 12.1. The molecule has 41 heavy (non-hydrogen) atoms. The van der Waals surface area contributed by atoms with Crippen LogP contribution >= 0.6 is 11.3 Å². The first-order chi connectivity index (χ1) is 19.9. The number of hydrogen-bond acceptors (Lipinski definition) is 6. The second-order valence-corrected chi connectivity index (χ2v) is 11.8. The maximum Gasteiger partial charge on any atom is 0.415 e. The molecular formula is C30H33F2N5O3S. The number of aromatic nitrogens is 2. The number of likely N-dealkylation sites (tertiary alicyclic amines) is 2. The molecule has 0 atom stereocenters. The van der Waals surface area contributed by atoms with Crippen molar-refractivity contribution in [3.8, 4) is 17.0 Å². The Hall–Kier alpha value is -3.57. The molecule has 4 heterocycles. The predicted octanol–water partition coefficient (Wildman–Crippen LogP) is 5.89. The van der Waals surface area contributed by atoms with Gasteiger partial charge in [0.2, 0.25) is 0 Å². The zero-order valence-electron chi connectivity index (χ0n) is 22.8. The number of fused-ring (bicyclic) bond motifs is 3. The van der Waals surface area contributed by atoms with Crippen LogP contribution in [-0.2, 0) is 0 Å². The minimum Gasteiger partial charge on any atom is -0.410 e. The summed E-state index contributed by atoms with van der Waals surface area (Å²) >= 11 is 1.43. The number of thiazole rings is 1. The first-order valence-electron chi connectivity index (χ1n) is 14.3. The van der Waals surface area contributed by atoms with Crippen LogP contribution in [0.3, 0.4) is 0 Å². The van der Waals surface area contributed by atoms with Crippen molar-refractivity contribution >= 4 is 38.5 Å². The van der Waals surface area contributed by atoms with Crippen molar-refractivity contribution in [2.75, 3.05) is 39.3 Å². The molecule has 2 saturated heterocycles. The van der Waals surface area contributed by atoms with Crippen LogP contribution < -0.4 is 10.1 Å². The molecule has 1 N–H and O–H groups in total. The summed E-state index contributed by atoms with van der Waals surface area (Å²) in [5.41, 5.74) is 2.24. The minimum absolute atomic E-state index is 0.135. The molecule has 2 aromatic carbocycles. The van der Waals surface area contributed by atoms with Crippen molar-refractivity contribution in [3.63, 3.8) is 0 Å². The summed E-state index contributed by atoms with van der Waals surface area (Å²) in [6.07, 6.45) is 5.66. The van der Waals surface area contributed by atoms with Crippen LogP contribution in [0.4, 0.5) is 13.6 Å². The quantitative estimate of drug-likeness (QED) is 0.275. The number of rotatable bonds is 7. The molecule has 216 valence electrons. The number of piperidine rings is 2. The number of hydrogen-bond donors (Lipinski definition) is 1. The Kier molecular flexibility index (Phi) is 8.16. The average molecular weight is 582 g/mol. The first kappa shape index (κ1) is 27.6. The smallest absolute Gasteiger partial charge is 0.410 e. The van der Waals surface area contributed by atoms with Gasteiger partial charge in [-0.3, -0.25) is 9.20 Å². The number of carbonyl (C=O) groups excluding carboxylic acids is 2. The number of alkyl halides is 1. The van der Waals surface area contributed by atoms with Crippen LogP contribution in [0.25, 0.3) is 26.4 Å². The number of nitrogens with zero attached hydrogens (tertiary/aromatic N) is 4. The van der Waals surface area contributed by atoms with Gasteiger partial charge in [-0.15, -0.1) is 0 Å². The Morgan fingerprint density at radius 2 is 1.85 bits per heavy atom. The van der Waals surface area contributed by atoms with Crippen molar-refractivity contribution in [2.24, 2.45) is 0 Å². The van der Waals surface area contributed by atoms with Gasteiger partial charge in [-0.05, 0) is 75.4 Å². The minimum atomic E-state index is -0.678. The Labute approximate surface area is 240 Å². The highest BCUT2D eigenvalue weighted by atomic mass is 32.1. The second-order valence-electron chi connectivity index (χ2n) is 10.7. The molecule has 2 fully saturated rings. The Balaban J connectivity index is 1.09. The van der Waals surface area contributed by atoms with Gasteiger partial charge < -0.3 is 19.9 Å². The van der Waals surface area contributed by atoms with E-state index in [0.29, 0.717) is 54.3 Å². The molecule has 2 aliphatic heterocycles. The lowest BCUT2D eigenvalue weighted by molar-refractivity contribution is 0.0949. The highest BCUT2D eigenvalue weighted by Crippen LogP contribution is 2.32. The van der Waals surface area contributed by atoms with E-state index >= 15 is 4.39 Å². The van der Waals surface area contributed by atoms with E-state index < -0.39 is 18.1 Å². The lowest BCUT2D eigenvalue weighted by Gasteiger charge is -2.28. The number of imidazole rings is 1. The fraction of sp³-hybridized carbons (Fsp3) is 0.433. The van der Waals surface area contributed by atoms with E-state index in [9.17, 15) is 14.0 Å². The molecule has 0 spiro atoms. The molecule has 0 unspecified atom stereocenters. The lowest BCUT2D eigenvalue weighted by atomic mass is 10.1. The van der Waals surface area contributed by atoms with Gasteiger partial charge in [0.15, 0.2) is 4.96 Å². The van der Waals surface area contributed by atoms with Crippen LogP contribution in [-0.4, -0.2) is 76.6 Å². The standard InChI is InChI=1S/C30H33F2N5O3S/c31-21-9-15-35(16-10-21)12-4-11-33-28(38)20-5-8-26-27(17-20)41-29-34-25(19-37(26)29)23-7-6-22(18-24(23)32)40-30(39)36-13-2-1-3-14-36/h5-8,17-19,21H,1-4,9-16H2,(H,33,38). The summed E-state index contributed by atoms with van der Waals surface area (Å²) in [5.74, 6) is -0.486. The molecule has 11 heteroatoms. The summed E-state index contributed by atoms with van der Waals surface area (Å²) in [6, 6.07) is 9.89. The third-order valence-electron chi connectivity index (χ3n) is 7.85. The predicted molar refractivity (Wildman–Crippen MR) is 155 cm³/mol. The third-order valence-corrected chi connectivity index (χ3v) is 8.86. The van der Waals surface area contributed by atoms with Crippen LogP contribution in [0, 0.1) is 5.82 Å². The number of halogens is 2. The van der Waals surface area contributed by atoms with Crippen molar-refractivity contribution in [1.82, 2.24) is 24.5 Å². The van der Waals surface area contributed by atoms with Gasteiger partial charge in [-0.1, -0.05) is 11.3 Å². The number of nitrogens with one attached hydrogen (secondary N) is 1. The summed E-state index contributed by atoms with van der Waals surface area (Å²) in [5, 5.41) is 2.98. The third kappa shape index (κ3) is 6.20. The van der Waals surface area contributed by atoms with Crippen LogP contribution in [0.5, 0.6) is 5.75 Å². The Morgan fingerprint density at radius 1 is 1.05 bits per heavy atom. The summed E-state index contributed by atoms with van der Waals surface area (Å²) < 4.78 is 36.5. The zero-order chi connectivity index (χ0) is 28.3. The van der Waals surface area contributed by atoms with Crippen molar-refractivity contribution in [1.29, 1.82) is 0 Å². The molecule has 6 rings (SSSR count). The van der Waals surface area contributed by atoms with Crippen molar-refractivity contribution in [3.05, 3.63) is 54.0 Å². The van der Waals surface area contributed by atoms with E-state index in [1.165, 1.54) is 17.4 Å². The van der Waals surface area contributed by atoms with Gasteiger partial charge >= 0.3 is 6.09 Å². The molecule has 0 radical (unpaired) electrons. The molecule has 0 aliphatic carbocycles. The Morgan fingerprint density at radius 3 is 2.63 bits per heavy atom. The number of benzene rings is 2. The maximum atomic E-state index is 15.1. The summed E-state index contributed by atoms with van der Waals surface area (Å²) in [6.45, 7) is 4.29. The monoisotopic (exact) mass is 581 g/mol. The molecule has 0 bridgehead atoms. The van der Waals surface area contributed by atoms with E-state index in [1.54, 1.807) is 29.3 Å². The van der Waals surface area contributed by atoms with Crippen LogP contribution in [0.15, 0.2) is 42.6 Å². The van der Waals surface area contributed by atoms with E-state index in [1.807, 2.05) is 16.5 Å². The molecule has 4 aromatic rings. The van der Waals surface area contributed by atoms with Crippen LogP contribution in [0.1, 0.15) is 48.9 Å². The number of carbonyl (C=O) groups is 2. The molecule has 8 nitrogen and oxygen atoms in total. The van der Waals surface area contributed by atoms with Crippen molar-refractivity contribution < 1.29 is 23.1 Å². The summed E-state index contributed by atoms with van der Waals surface area (Å²) in [4.78, 5) is 34.3. The van der Waals surface area contributed by atoms with Gasteiger partial charge in [0.05, 0.1) is 15.9 Å². The SMILES string of the molecule is O=C(NCCCN1CCC(F)CC1)c1ccc2c(c1)sc1nc(-c3ccc(OC(=O)N4CCCCC4)cc3F)cn12. The zero-order valence-corrected chi connectivity index (χ0v) is 23.6. The lowest BCUT2D eigenvalue weighted by Crippen LogP contribution is -2.37. The molecule has 0 saturated carbocycles. The van der Waals surface area contributed by atoms with E-state index in [0.717, 1.165) is 55.5 Å². The molecule has 2 amide bonds. The first-order valence-corrected chi connectivity index (χ1v) is 15.1. The van der Waals surface area contributed by atoms with Gasteiger partial charge in [0, 0.05) is 56.1 Å². The van der Waals surface area contributed by atoms with E-state index in [2.05, 4.69) is 15.2 Å². The van der Waals surface area contributed by atoms with Gasteiger partial charge in [-0.25, -0.2) is 18.6 Å². The maximum absolute atomic E-state index is 15.1. The summed E-state index contributed by atoms with van der Waals surface area (Å²) in [7, 11) is 0. The average Bonchev–Trinajstić information content (AvgIpc) is 3.54. The van der Waals surface area contributed by atoms with Gasteiger partial charge in [0.25, 0.3) is 5.91 Å². The highest BCUT2D eigenvalue weighted by molar-refractivity contribution is 7.23. The largest absolute Gasteiger partial charge is 0.415 e. The van der Waals surface area contributed by atoms with E-state index in [4.69, 9.17) is 4.74 Å². The topological polar surface area (TPSA) is 79.2 Å². The van der Waals surface area contributed by atoms with Gasteiger partial charge in [-0.2, -0.15) is 0 Å². The highest BCUT2D eigenvalue weighted by Gasteiger charge is 2.21. The van der Waals surface area contributed by atoms with Gasteiger partial charge in [0.1, 0.15) is 17.7 Å². The molecular weight excluding hydrogens is 548 g/mol. The number of ether oxygens (including phenoxy) is 1. The van der Waals surface area contributed by atoms with E-state index in [-0.39, 0.29) is 11.7 Å². The molecule has 2 aliphatic rings. The normalized spacial score (nSPS) is 16.9. The Bertz CT molecular complexity index is 1560. The molecule has 2 aromatic heterocycles. The van der Waals surface area contributed by atoms with Crippen molar-refractivity contribution in [2.45, 2.75) is 44.7 Å². The fourth-order valence-electron chi connectivity index (χ4n) is 5.51.